The summed E-state index contributed by atoms with van der Waals surface area (Å²) in [6.45, 7) is 0. The van der Waals surface area contributed by atoms with Gasteiger partial charge >= 0.3 is 0 Å². The van der Waals surface area contributed by atoms with Crippen LogP contribution in [0.3, 0.4) is 0 Å². The Morgan fingerprint density at radius 1 is 0.372 bits per heavy atom. The standard InChI is InChI=1S/C40H22O3/c1-3-12-28-26(10-1)36(23-17-18-34-31(21-23)25-9-5-7-15-32(25)42-34)27-11-2-4-13-29(27)37(28)39-38-30-14-6-8-16-33(30)43-35(38)22-24-19-20-41-40(24)39/h1-22H. The highest BCUT2D eigenvalue weighted by Gasteiger charge is 2.24. The van der Waals surface area contributed by atoms with E-state index in [1.165, 1.54) is 27.1 Å². The third-order valence-corrected chi connectivity index (χ3v) is 8.93. The maximum atomic E-state index is 6.43. The molecule has 10 aromatic rings. The lowest BCUT2D eigenvalue weighted by atomic mass is 9.84. The van der Waals surface area contributed by atoms with E-state index in [9.17, 15) is 0 Å². The zero-order valence-electron chi connectivity index (χ0n) is 22.9. The van der Waals surface area contributed by atoms with Gasteiger partial charge in [-0.15, -0.1) is 0 Å². The molecule has 200 valence electrons. The van der Waals surface area contributed by atoms with Gasteiger partial charge in [-0.05, 0) is 69.1 Å². The number of para-hydroxylation sites is 2. The van der Waals surface area contributed by atoms with Crippen LogP contribution in [0.2, 0.25) is 0 Å². The summed E-state index contributed by atoms with van der Waals surface area (Å²) in [5.74, 6) is 0. The summed E-state index contributed by atoms with van der Waals surface area (Å²) in [6, 6.07) is 44.7. The Kier molecular flexibility index (Phi) is 4.45. The van der Waals surface area contributed by atoms with Crippen molar-refractivity contribution in [3.8, 4) is 22.3 Å². The van der Waals surface area contributed by atoms with Crippen molar-refractivity contribution in [1.29, 1.82) is 0 Å². The minimum Gasteiger partial charge on any atom is -0.464 e. The zero-order valence-corrected chi connectivity index (χ0v) is 22.9. The monoisotopic (exact) mass is 550 g/mol. The van der Waals surface area contributed by atoms with E-state index in [1.807, 2.05) is 30.3 Å². The summed E-state index contributed by atoms with van der Waals surface area (Å²) in [6.07, 6.45) is 1.78. The normalized spacial score (nSPS) is 12.2. The van der Waals surface area contributed by atoms with Crippen LogP contribution >= 0.6 is 0 Å². The molecule has 0 fully saturated rings. The topological polar surface area (TPSA) is 39.4 Å². The molecule has 0 atom stereocenters. The Hall–Kier alpha value is -5.80. The first-order valence-electron chi connectivity index (χ1n) is 14.5. The van der Waals surface area contributed by atoms with E-state index in [-0.39, 0.29) is 0 Å². The molecule has 3 aromatic heterocycles. The minimum absolute atomic E-state index is 0.861. The first kappa shape index (κ1) is 22.8. The fourth-order valence-electron chi connectivity index (χ4n) is 7.14. The second-order valence-corrected chi connectivity index (χ2v) is 11.2. The lowest BCUT2D eigenvalue weighted by Gasteiger charge is -2.18. The lowest BCUT2D eigenvalue weighted by Crippen LogP contribution is -1.92. The van der Waals surface area contributed by atoms with E-state index in [2.05, 4.69) is 97.1 Å². The molecule has 0 radical (unpaired) electrons. The van der Waals surface area contributed by atoms with E-state index in [0.29, 0.717) is 0 Å². The van der Waals surface area contributed by atoms with Crippen LogP contribution in [0.15, 0.2) is 147 Å². The highest BCUT2D eigenvalue weighted by atomic mass is 16.3. The second-order valence-electron chi connectivity index (χ2n) is 11.2. The van der Waals surface area contributed by atoms with Gasteiger partial charge in [0.25, 0.3) is 0 Å². The zero-order chi connectivity index (χ0) is 28.1. The first-order valence-corrected chi connectivity index (χ1v) is 14.5. The molecular formula is C40H22O3. The Morgan fingerprint density at radius 3 is 1.65 bits per heavy atom. The molecule has 3 nitrogen and oxygen atoms in total. The van der Waals surface area contributed by atoms with Gasteiger partial charge in [-0.2, -0.15) is 0 Å². The highest BCUT2D eigenvalue weighted by Crippen LogP contribution is 2.49. The average Bonchev–Trinajstić information content (AvgIpc) is 3.77. The SMILES string of the molecule is c1ccc2c(c1)oc1ccc(-c3c4ccccc4c(-c4c5occc5cc5oc6ccccc6c45)c4ccccc34)cc12. The molecule has 10 rings (SSSR count). The predicted octanol–water partition coefficient (Wildman–Crippen LogP) is 11.9. The van der Waals surface area contributed by atoms with Crippen molar-refractivity contribution in [1.82, 2.24) is 0 Å². The van der Waals surface area contributed by atoms with Crippen molar-refractivity contribution in [3.63, 3.8) is 0 Å². The van der Waals surface area contributed by atoms with Gasteiger partial charge in [0.1, 0.15) is 27.9 Å². The first-order chi connectivity index (χ1) is 21.3. The van der Waals surface area contributed by atoms with Crippen LogP contribution in [0, 0.1) is 0 Å². The molecule has 0 unspecified atom stereocenters. The highest BCUT2D eigenvalue weighted by molar-refractivity contribution is 6.29. The molecular weight excluding hydrogens is 528 g/mol. The summed E-state index contributed by atoms with van der Waals surface area (Å²) >= 11 is 0. The largest absolute Gasteiger partial charge is 0.464 e. The molecule has 0 aliphatic rings. The van der Waals surface area contributed by atoms with Crippen molar-refractivity contribution in [2.75, 3.05) is 0 Å². The van der Waals surface area contributed by atoms with E-state index in [1.54, 1.807) is 6.26 Å². The van der Waals surface area contributed by atoms with Crippen molar-refractivity contribution in [3.05, 3.63) is 134 Å². The Morgan fingerprint density at radius 2 is 0.930 bits per heavy atom. The van der Waals surface area contributed by atoms with Gasteiger partial charge in [-0.3, -0.25) is 0 Å². The summed E-state index contributed by atoms with van der Waals surface area (Å²) < 4.78 is 18.9. The van der Waals surface area contributed by atoms with Crippen LogP contribution in [-0.2, 0) is 0 Å². The van der Waals surface area contributed by atoms with Crippen molar-refractivity contribution in [2.45, 2.75) is 0 Å². The maximum absolute atomic E-state index is 6.43. The fourth-order valence-corrected chi connectivity index (χ4v) is 7.14. The predicted molar refractivity (Wildman–Crippen MR) is 177 cm³/mol. The molecule has 0 amide bonds. The molecule has 0 bridgehead atoms. The maximum Gasteiger partial charge on any atom is 0.142 e. The van der Waals surface area contributed by atoms with Crippen LogP contribution in [0.5, 0.6) is 0 Å². The number of hydrogen-bond donors (Lipinski definition) is 0. The molecule has 43 heavy (non-hydrogen) atoms. The number of fused-ring (bicyclic) bond motifs is 9. The van der Waals surface area contributed by atoms with E-state index in [0.717, 1.165) is 71.5 Å². The van der Waals surface area contributed by atoms with Crippen LogP contribution in [0.1, 0.15) is 0 Å². The summed E-state index contributed by atoms with van der Waals surface area (Å²) in [7, 11) is 0. The lowest BCUT2D eigenvalue weighted by molar-refractivity contribution is 0.617. The van der Waals surface area contributed by atoms with Gasteiger partial charge < -0.3 is 13.3 Å². The number of hydrogen-bond acceptors (Lipinski definition) is 3. The molecule has 0 saturated carbocycles. The molecule has 0 saturated heterocycles. The molecule has 3 heterocycles. The molecule has 3 heteroatoms. The molecule has 7 aromatic carbocycles. The van der Waals surface area contributed by atoms with Gasteiger partial charge in [0.15, 0.2) is 0 Å². The van der Waals surface area contributed by atoms with Crippen LogP contribution in [-0.4, -0.2) is 0 Å². The summed E-state index contributed by atoms with van der Waals surface area (Å²) in [5.41, 5.74) is 9.00. The van der Waals surface area contributed by atoms with Gasteiger partial charge in [0.2, 0.25) is 0 Å². The van der Waals surface area contributed by atoms with Gasteiger partial charge in [0, 0.05) is 38.1 Å². The fraction of sp³-hybridized carbons (Fsp3) is 0. The number of benzene rings is 7. The molecule has 0 N–H and O–H groups in total. The molecule has 0 aliphatic carbocycles. The Labute approximate surface area is 245 Å². The molecule has 0 aliphatic heterocycles. The molecule has 0 spiro atoms. The second kappa shape index (κ2) is 8.37. The van der Waals surface area contributed by atoms with E-state index in [4.69, 9.17) is 13.3 Å². The minimum atomic E-state index is 0.861. The average molecular weight is 551 g/mol. The van der Waals surface area contributed by atoms with Crippen LogP contribution in [0.25, 0.3) is 98.6 Å². The van der Waals surface area contributed by atoms with Gasteiger partial charge in [0.05, 0.1) is 6.26 Å². The third kappa shape index (κ3) is 3.08. The van der Waals surface area contributed by atoms with Crippen LogP contribution in [0.4, 0.5) is 0 Å². The third-order valence-electron chi connectivity index (χ3n) is 8.93. The van der Waals surface area contributed by atoms with Crippen molar-refractivity contribution < 1.29 is 13.3 Å². The smallest absolute Gasteiger partial charge is 0.142 e. The summed E-state index contributed by atoms with van der Waals surface area (Å²) in [5, 5.41) is 10.2. The van der Waals surface area contributed by atoms with Crippen LogP contribution < -0.4 is 0 Å². The number of rotatable bonds is 2. The van der Waals surface area contributed by atoms with Crippen molar-refractivity contribution >= 4 is 76.4 Å². The quantitative estimate of drug-likeness (QED) is 0.201. The Balaban J connectivity index is 1.39. The van der Waals surface area contributed by atoms with Gasteiger partial charge in [-0.1, -0.05) is 91.0 Å². The number of furan rings is 3. The van der Waals surface area contributed by atoms with Crippen molar-refractivity contribution in [2.24, 2.45) is 0 Å². The summed E-state index contributed by atoms with van der Waals surface area (Å²) in [4.78, 5) is 0. The van der Waals surface area contributed by atoms with Gasteiger partial charge in [-0.25, -0.2) is 0 Å². The Bertz CT molecular complexity index is 2680. The van der Waals surface area contributed by atoms with E-state index >= 15 is 0 Å². The van der Waals surface area contributed by atoms with E-state index < -0.39 is 0 Å².